The van der Waals surface area contributed by atoms with Crippen LogP contribution >= 0.6 is 0 Å². The van der Waals surface area contributed by atoms with Crippen LogP contribution in [-0.4, -0.2) is 60.9 Å². The van der Waals surface area contributed by atoms with E-state index < -0.39 is 11.6 Å². The zero-order valence-corrected chi connectivity index (χ0v) is 17.2. The Kier molecular flexibility index (Phi) is 7.12. The van der Waals surface area contributed by atoms with Crippen molar-refractivity contribution >= 4 is 23.2 Å². The van der Waals surface area contributed by atoms with E-state index in [2.05, 4.69) is 10.6 Å². The van der Waals surface area contributed by atoms with Gasteiger partial charge >= 0.3 is 0 Å². The number of aryl methyl sites for hydroxylation is 1. The molecule has 0 aliphatic carbocycles. The van der Waals surface area contributed by atoms with Crippen molar-refractivity contribution in [1.82, 2.24) is 9.80 Å². The summed E-state index contributed by atoms with van der Waals surface area (Å²) in [7, 11) is 0. The minimum absolute atomic E-state index is 0.0618. The van der Waals surface area contributed by atoms with Gasteiger partial charge < -0.3 is 10.6 Å². The molecule has 0 spiro atoms. The van der Waals surface area contributed by atoms with E-state index in [4.69, 9.17) is 0 Å². The van der Waals surface area contributed by atoms with Gasteiger partial charge in [0.2, 0.25) is 11.8 Å². The van der Waals surface area contributed by atoms with Crippen LogP contribution in [0.5, 0.6) is 0 Å². The lowest BCUT2D eigenvalue weighted by Crippen LogP contribution is -2.50. The first-order valence-electron chi connectivity index (χ1n) is 9.87. The molecule has 0 unspecified atom stereocenters. The predicted molar refractivity (Wildman–Crippen MR) is 112 cm³/mol. The molecule has 1 aliphatic heterocycles. The molecule has 0 saturated carbocycles. The summed E-state index contributed by atoms with van der Waals surface area (Å²) in [6.07, 6.45) is 0. The van der Waals surface area contributed by atoms with E-state index in [9.17, 15) is 18.4 Å². The number of benzene rings is 2. The first-order valence-corrected chi connectivity index (χ1v) is 9.87. The van der Waals surface area contributed by atoms with Gasteiger partial charge in [0.05, 0.1) is 13.1 Å². The molecule has 6 nitrogen and oxygen atoms in total. The Balaban J connectivity index is 1.42. The molecule has 3 rings (SSSR count). The van der Waals surface area contributed by atoms with Crippen LogP contribution in [-0.2, 0) is 9.59 Å². The highest BCUT2D eigenvalue weighted by atomic mass is 19.2. The van der Waals surface area contributed by atoms with Crippen LogP contribution in [0.25, 0.3) is 0 Å². The maximum atomic E-state index is 13.2. The van der Waals surface area contributed by atoms with Gasteiger partial charge in [-0.25, -0.2) is 8.78 Å². The summed E-state index contributed by atoms with van der Waals surface area (Å²) < 4.78 is 26.2. The number of nitrogens with one attached hydrogen (secondary N) is 2. The number of hydrogen-bond donors (Lipinski definition) is 2. The number of nitrogens with zero attached hydrogens (tertiary/aromatic N) is 2. The molecular weight excluding hydrogens is 390 g/mol. The third-order valence-corrected chi connectivity index (χ3v) is 5.28. The van der Waals surface area contributed by atoms with Gasteiger partial charge in [-0.15, -0.1) is 0 Å². The number of rotatable bonds is 6. The van der Waals surface area contributed by atoms with Crippen molar-refractivity contribution in [3.8, 4) is 0 Å². The third-order valence-electron chi connectivity index (χ3n) is 5.28. The van der Waals surface area contributed by atoms with E-state index in [1.54, 1.807) is 0 Å². The lowest BCUT2D eigenvalue weighted by Gasteiger charge is -2.33. The monoisotopic (exact) mass is 416 g/mol. The fourth-order valence-corrected chi connectivity index (χ4v) is 3.36. The molecule has 1 fully saturated rings. The van der Waals surface area contributed by atoms with E-state index in [1.165, 1.54) is 6.07 Å². The Hall–Kier alpha value is -2.84. The molecule has 0 bridgehead atoms. The second kappa shape index (κ2) is 9.77. The highest BCUT2D eigenvalue weighted by Crippen LogP contribution is 2.18. The number of carbonyl (C=O) groups excluding carboxylic acids is 2. The zero-order valence-electron chi connectivity index (χ0n) is 17.2. The lowest BCUT2D eigenvalue weighted by atomic mass is 10.1. The van der Waals surface area contributed by atoms with Gasteiger partial charge in [0.1, 0.15) is 0 Å². The quantitative estimate of drug-likeness (QED) is 0.760. The second-order valence-corrected chi connectivity index (χ2v) is 7.53. The van der Waals surface area contributed by atoms with Crippen LogP contribution in [0, 0.1) is 25.5 Å². The lowest BCUT2D eigenvalue weighted by molar-refractivity contribution is -0.120. The maximum absolute atomic E-state index is 13.2. The Labute approximate surface area is 174 Å². The summed E-state index contributed by atoms with van der Waals surface area (Å²) in [5, 5.41) is 5.53. The fourth-order valence-electron chi connectivity index (χ4n) is 3.36. The third kappa shape index (κ3) is 5.84. The Bertz CT molecular complexity index is 927. The molecule has 1 saturated heterocycles. The van der Waals surface area contributed by atoms with E-state index >= 15 is 0 Å². The van der Waals surface area contributed by atoms with Gasteiger partial charge in [0, 0.05) is 43.6 Å². The molecule has 160 valence electrons. The average molecular weight is 416 g/mol. The van der Waals surface area contributed by atoms with Crippen LogP contribution in [0.3, 0.4) is 0 Å². The molecule has 0 atom stereocenters. The minimum atomic E-state index is -0.999. The zero-order chi connectivity index (χ0) is 21.7. The van der Waals surface area contributed by atoms with Gasteiger partial charge in [-0.1, -0.05) is 12.1 Å². The van der Waals surface area contributed by atoms with Crippen LogP contribution < -0.4 is 10.6 Å². The summed E-state index contributed by atoms with van der Waals surface area (Å²) in [6, 6.07) is 9.08. The van der Waals surface area contributed by atoms with Crippen molar-refractivity contribution in [2.75, 3.05) is 49.9 Å². The summed E-state index contributed by atoms with van der Waals surface area (Å²) in [5.74, 6) is -2.30. The van der Waals surface area contributed by atoms with E-state index in [0.29, 0.717) is 32.7 Å². The Morgan fingerprint density at radius 1 is 0.867 bits per heavy atom. The molecule has 2 amide bonds. The molecule has 0 radical (unpaired) electrons. The van der Waals surface area contributed by atoms with Gasteiger partial charge in [0.25, 0.3) is 0 Å². The molecule has 2 aromatic rings. The van der Waals surface area contributed by atoms with Gasteiger partial charge in [-0.3, -0.25) is 19.4 Å². The number of carbonyl (C=O) groups is 2. The van der Waals surface area contributed by atoms with Crippen molar-refractivity contribution in [3.63, 3.8) is 0 Å². The molecule has 2 aromatic carbocycles. The largest absolute Gasteiger partial charge is 0.325 e. The summed E-state index contributed by atoms with van der Waals surface area (Å²) in [6.45, 7) is 7.05. The van der Waals surface area contributed by atoms with Crippen molar-refractivity contribution in [2.45, 2.75) is 13.8 Å². The summed E-state index contributed by atoms with van der Waals surface area (Å²) in [4.78, 5) is 28.5. The normalized spacial score (nSPS) is 15.1. The second-order valence-electron chi connectivity index (χ2n) is 7.53. The number of hydrogen-bond acceptors (Lipinski definition) is 4. The minimum Gasteiger partial charge on any atom is -0.325 e. The number of halogens is 2. The van der Waals surface area contributed by atoms with Crippen molar-refractivity contribution < 1.29 is 18.4 Å². The Morgan fingerprint density at radius 2 is 1.47 bits per heavy atom. The standard InChI is InChI=1S/C22H26F2N4O2/c1-15-4-3-5-20(16(15)2)26-22(30)14-28-10-8-27(9-11-28)13-21(29)25-17-6-7-18(23)19(24)12-17/h3-7,12H,8-11,13-14H2,1-2H3,(H,25,29)(H,26,30). The maximum Gasteiger partial charge on any atom is 0.238 e. The van der Waals surface area contributed by atoms with E-state index in [0.717, 1.165) is 28.9 Å². The SMILES string of the molecule is Cc1cccc(NC(=O)CN2CCN(CC(=O)Nc3ccc(F)c(F)c3)CC2)c1C. The first-order chi connectivity index (χ1) is 14.3. The number of amides is 2. The van der Waals surface area contributed by atoms with Crippen molar-refractivity contribution in [1.29, 1.82) is 0 Å². The number of anilines is 2. The molecular formula is C22H26F2N4O2. The summed E-state index contributed by atoms with van der Waals surface area (Å²) in [5.41, 5.74) is 3.24. The van der Waals surface area contributed by atoms with E-state index in [-0.39, 0.29) is 24.0 Å². The van der Waals surface area contributed by atoms with Gasteiger partial charge in [-0.2, -0.15) is 0 Å². The first kappa shape index (κ1) is 21.9. The highest BCUT2D eigenvalue weighted by Gasteiger charge is 2.21. The van der Waals surface area contributed by atoms with Gasteiger partial charge in [0.15, 0.2) is 11.6 Å². The topological polar surface area (TPSA) is 64.7 Å². The fraction of sp³-hybridized carbons (Fsp3) is 0.364. The molecule has 1 aliphatic rings. The Morgan fingerprint density at radius 3 is 2.07 bits per heavy atom. The van der Waals surface area contributed by atoms with Crippen LogP contribution in [0.4, 0.5) is 20.2 Å². The van der Waals surface area contributed by atoms with Crippen LogP contribution in [0.2, 0.25) is 0 Å². The van der Waals surface area contributed by atoms with Crippen molar-refractivity contribution in [3.05, 3.63) is 59.2 Å². The predicted octanol–water partition coefficient (Wildman–Crippen LogP) is 2.78. The highest BCUT2D eigenvalue weighted by molar-refractivity contribution is 5.93. The molecule has 8 heteroatoms. The molecule has 0 aromatic heterocycles. The average Bonchev–Trinajstić information content (AvgIpc) is 2.70. The van der Waals surface area contributed by atoms with Crippen molar-refractivity contribution in [2.24, 2.45) is 0 Å². The van der Waals surface area contributed by atoms with Crippen LogP contribution in [0.15, 0.2) is 36.4 Å². The number of piperazine rings is 1. The molecule has 1 heterocycles. The summed E-state index contributed by atoms with van der Waals surface area (Å²) >= 11 is 0. The molecule has 2 N–H and O–H groups in total. The van der Waals surface area contributed by atoms with E-state index in [1.807, 2.05) is 41.8 Å². The van der Waals surface area contributed by atoms with Gasteiger partial charge in [-0.05, 0) is 43.2 Å². The molecule has 30 heavy (non-hydrogen) atoms. The van der Waals surface area contributed by atoms with Crippen LogP contribution in [0.1, 0.15) is 11.1 Å². The smallest absolute Gasteiger partial charge is 0.238 e.